The van der Waals surface area contributed by atoms with Crippen molar-refractivity contribution in [3.63, 3.8) is 0 Å². The molecule has 1 N–H and O–H groups in total. The van der Waals surface area contributed by atoms with Crippen LogP contribution in [-0.2, 0) is 12.6 Å². The van der Waals surface area contributed by atoms with Crippen LogP contribution in [0, 0.1) is 5.92 Å². The normalized spacial score (nSPS) is 16.2. The summed E-state index contributed by atoms with van der Waals surface area (Å²) in [6.45, 7) is 3.05. The average molecular weight is 512 g/mol. The van der Waals surface area contributed by atoms with Crippen LogP contribution in [0.2, 0.25) is 0 Å². The van der Waals surface area contributed by atoms with Gasteiger partial charge in [0.15, 0.2) is 5.69 Å². The lowest BCUT2D eigenvalue weighted by Crippen LogP contribution is -2.34. The standard InChI is InChI=1S/C26H24F3N5O3/c1-16-6-5-11-33(15-16)25-32-23(26(27,28)29)22(37-25)21(35)13-17-9-10-20-18(12-17)14-30-34(20)24(36)31-19-7-3-2-4-8-19/h2-4,7-10,12,14,16H,5-6,11,13,15H2,1H3,(H,31,36). The number of hydrogen-bond acceptors (Lipinski definition) is 6. The minimum Gasteiger partial charge on any atom is -0.420 e. The zero-order valence-electron chi connectivity index (χ0n) is 20.0. The zero-order chi connectivity index (χ0) is 26.2. The van der Waals surface area contributed by atoms with Crippen LogP contribution in [0.3, 0.4) is 0 Å². The molecular formula is C26H24F3N5O3. The van der Waals surface area contributed by atoms with E-state index in [1.54, 1.807) is 47.4 Å². The number of Topliss-reactive ketones (excluding diaryl/α,β-unsaturated/α-hetero) is 1. The number of piperidine rings is 1. The maximum atomic E-state index is 13.7. The van der Waals surface area contributed by atoms with E-state index in [4.69, 9.17) is 4.42 Å². The number of halogens is 3. The molecule has 37 heavy (non-hydrogen) atoms. The molecule has 1 unspecified atom stereocenters. The van der Waals surface area contributed by atoms with Gasteiger partial charge in [0.05, 0.1) is 11.7 Å². The Morgan fingerprint density at radius 1 is 1.16 bits per heavy atom. The molecule has 0 saturated carbocycles. The predicted octanol–water partition coefficient (Wildman–Crippen LogP) is 5.79. The molecule has 0 bridgehead atoms. The number of benzene rings is 2. The van der Waals surface area contributed by atoms with E-state index in [0.717, 1.165) is 12.8 Å². The first-order chi connectivity index (χ1) is 17.7. The molecule has 8 nitrogen and oxygen atoms in total. The molecule has 4 aromatic rings. The molecule has 192 valence electrons. The topological polar surface area (TPSA) is 93.3 Å². The number of ketones is 1. The molecule has 1 saturated heterocycles. The summed E-state index contributed by atoms with van der Waals surface area (Å²) in [6, 6.07) is 13.0. The highest BCUT2D eigenvalue weighted by Crippen LogP contribution is 2.35. The van der Waals surface area contributed by atoms with Crippen molar-refractivity contribution in [2.45, 2.75) is 32.4 Å². The molecule has 1 aliphatic rings. The van der Waals surface area contributed by atoms with E-state index in [0.29, 0.717) is 35.2 Å². The van der Waals surface area contributed by atoms with Gasteiger partial charge in [-0.2, -0.15) is 27.9 Å². The summed E-state index contributed by atoms with van der Waals surface area (Å²) in [4.78, 5) is 30.9. The minimum atomic E-state index is -4.83. The summed E-state index contributed by atoms with van der Waals surface area (Å²) in [5.41, 5.74) is 0.237. The summed E-state index contributed by atoms with van der Waals surface area (Å²) in [7, 11) is 0. The summed E-state index contributed by atoms with van der Waals surface area (Å²) in [5.74, 6) is -1.33. The van der Waals surface area contributed by atoms with Crippen LogP contribution in [0.25, 0.3) is 10.9 Å². The van der Waals surface area contributed by atoms with Crippen molar-refractivity contribution in [3.05, 3.63) is 71.7 Å². The second-order valence-corrected chi connectivity index (χ2v) is 9.21. The molecule has 1 aliphatic heterocycles. The largest absolute Gasteiger partial charge is 0.437 e. The molecule has 0 radical (unpaired) electrons. The minimum absolute atomic E-state index is 0.177. The van der Waals surface area contributed by atoms with E-state index >= 15 is 0 Å². The number of fused-ring (bicyclic) bond motifs is 1. The lowest BCUT2D eigenvalue weighted by molar-refractivity contribution is -0.141. The van der Waals surface area contributed by atoms with Gasteiger partial charge in [-0.3, -0.25) is 4.79 Å². The van der Waals surface area contributed by atoms with Crippen molar-refractivity contribution in [2.24, 2.45) is 5.92 Å². The SMILES string of the molecule is CC1CCCN(c2nc(C(F)(F)F)c(C(=O)Cc3ccc4c(cnn4C(=O)Nc4ccccc4)c3)o2)C1. The number of amides is 1. The second-order valence-electron chi connectivity index (χ2n) is 9.21. The molecule has 0 spiro atoms. The maximum Gasteiger partial charge on any atom is 0.437 e. The van der Waals surface area contributed by atoms with Crippen molar-refractivity contribution in [2.75, 3.05) is 23.3 Å². The maximum absolute atomic E-state index is 13.7. The summed E-state index contributed by atoms with van der Waals surface area (Å²) < 4.78 is 47.7. The molecule has 1 fully saturated rings. The Labute approximate surface area is 210 Å². The van der Waals surface area contributed by atoms with Gasteiger partial charge in [0.25, 0.3) is 6.01 Å². The molecular weight excluding hydrogens is 487 g/mol. The Morgan fingerprint density at radius 2 is 1.95 bits per heavy atom. The van der Waals surface area contributed by atoms with E-state index in [1.165, 1.54) is 10.9 Å². The Balaban J connectivity index is 1.37. The fourth-order valence-electron chi connectivity index (χ4n) is 4.51. The summed E-state index contributed by atoms with van der Waals surface area (Å²) in [6.07, 6.45) is -1.91. The Bertz CT molecular complexity index is 1440. The number of carbonyl (C=O) groups excluding carboxylic acids is 2. The first kappa shape index (κ1) is 24.5. The predicted molar refractivity (Wildman–Crippen MR) is 131 cm³/mol. The quantitative estimate of drug-likeness (QED) is 0.341. The number of para-hydroxylation sites is 1. The van der Waals surface area contributed by atoms with E-state index in [2.05, 4.69) is 15.4 Å². The van der Waals surface area contributed by atoms with Crippen LogP contribution >= 0.6 is 0 Å². The molecule has 1 amide bonds. The van der Waals surface area contributed by atoms with Gasteiger partial charge in [-0.05, 0) is 48.6 Å². The average Bonchev–Trinajstić information content (AvgIpc) is 3.50. The molecule has 3 heterocycles. The van der Waals surface area contributed by atoms with Crippen LogP contribution in [0.4, 0.5) is 29.7 Å². The molecule has 1 atom stereocenters. The molecule has 11 heteroatoms. The lowest BCUT2D eigenvalue weighted by atomic mass is 10.0. The van der Waals surface area contributed by atoms with E-state index in [-0.39, 0.29) is 18.4 Å². The molecule has 2 aromatic carbocycles. The molecule has 0 aliphatic carbocycles. The number of rotatable bonds is 5. The van der Waals surface area contributed by atoms with Crippen molar-refractivity contribution in [1.82, 2.24) is 14.8 Å². The third-order valence-electron chi connectivity index (χ3n) is 6.28. The monoisotopic (exact) mass is 511 g/mol. The van der Waals surface area contributed by atoms with Crippen LogP contribution in [0.1, 0.15) is 41.6 Å². The van der Waals surface area contributed by atoms with Crippen molar-refractivity contribution in [3.8, 4) is 0 Å². The number of hydrogen-bond donors (Lipinski definition) is 1. The Hall–Kier alpha value is -4.15. The fourth-order valence-corrected chi connectivity index (χ4v) is 4.51. The van der Waals surface area contributed by atoms with Gasteiger partial charge < -0.3 is 14.6 Å². The van der Waals surface area contributed by atoms with Gasteiger partial charge >= 0.3 is 12.2 Å². The van der Waals surface area contributed by atoms with E-state index in [1.807, 2.05) is 13.0 Å². The Kier molecular flexibility index (Phi) is 6.45. The van der Waals surface area contributed by atoms with Crippen LogP contribution in [0.5, 0.6) is 0 Å². The van der Waals surface area contributed by atoms with Crippen LogP contribution < -0.4 is 10.2 Å². The smallest absolute Gasteiger partial charge is 0.420 e. The number of nitrogens with one attached hydrogen (secondary N) is 1. The van der Waals surface area contributed by atoms with Gasteiger partial charge in [0.1, 0.15) is 0 Å². The molecule has 2 aromatic heterocycles. The van der Waals surface area contributed by atoms with Crippen molar-refractivity contribution in [1.29, 1.82) is 0 Å². The first-order valence-electron chi connectivity index (χ1n) is 11.9. The number of anilines is 2. The van der Waals surface area contributed by atoms with Gasteiger partial charge in [-0.15, -0.1) is 0 Å². The highest BCUT2D eigenvalue weighted by Gasteiger charge is 2.42. The third-order valence-corrected chi connectivity index (χ3v) is 6.28. The number of aromatic nitrogens is 3. The molecule has 5 rings (SSSR count). The summed E-state index contributed by atoms with van der Waals surface area (Å²) in [5, 5.41) is 7.41. The number of oxazole rings is 1. The number of alkyl halides is 3. The van der Waals surface area contributed by atoms with Crippen LogP contribution in [0.15, 0.2) is 59.1 Å². The van der Waals surface area contributed by atoms with Crippen LogP contribution in [-0.4, -0.2) is 39.7 Å². The van der Waals surface area contributed by atoms with Crippen molar-refractivity contribution >= 4 is 34.4 Å². The van der Waals surface area contributed by atoms with Gasteiger partial charge in [-0.1, -0.05) is 31.2 Å². The van der Waals surface area contributed by atoms with Gasteiger partial charge in [0.2, 0.25) is 11.5 Å². The van der Waals surface area contributed by atoms with Gasteiger partial charge in [0, 0.05) is 30.6 Å². The lowest BCUT2D eigenvalue weighted by Gasteiger charge is -2.29. The Morgan fingerprint density at radius 3 is 2.68 bits per heavy atom. The first-order valence-corrected chi connectivity index (χ1v) is 11.9. The highest BCUT2D eigenvalue weighted by molar-refractivity contribution is 5.99. The number of nitrogens with zero attached hydrogens (tertiary/aromatic N) is 4. The number of carbonyl (C=O) groups is 2. The second kappa shape index (κ2) is 9.72. The van der Waals surface area contributed by atoms with Crippen molar-refractivity contribution < 1.29 is 27.2 Å². The summed E-state index contributed by atoms with van der Waals surface area (Å²) >= 11 is 0. The van der Waals surface area contributed by atoms with E-state index < -0.39 is 29.4 Å². The third kappa shape index (κ3) is 5.20. The highest BCUT2D eigenvalue weighted by atomic mass is 19.4. The van der Waals surface area contributed by atoms with E-state index in [9.17, 15) is 22.8 Å². The fraction of sp³-hybridized carbons (Fsp3) is 0.308. The zero-order valence-corrected chi connectivity index (χ0v) is 20.0. The van der Waals surface area contributed by atoms with Gasteiger partial charge in [-0.25, -0.2) is 4.79 Å².